The van der Waals surface area contributed by atoms with E-state index in [0.717, 1.165) is 12.1 Å². The van der Waals surface area contributed by atoms with Crippen LogP contribution in [0, 0.1) is 11.7 Å². The van der Waals surface area contributed by atoms with Gasteiger partial charge in [0.05, 0.1) is 11.2 Å². The van der Waals surface area contributed by atoms with E-state index >= 15 is 0 Å². The van der Waals surface area contributed by atoms with Crippen molar-refractivity contribution in [3.8, 4) is 0 Å². The summed E-state index contributed by atoms with van der Waals surface area (Å²) >= 11 is 0. The Kier molecular flexibility index (Phi) is 3.95. The predicted octanol–water partition coefficient (Wildman–Crippen LogP) is 2.72. The lowest BCUT2D eigenvalue weighted by Crippen LogP contribution is -2.41. The first-order valence-electron chi connectivity index (χ1n) is 7.12. The molecule has 0 saturated carbocycles. The molecule has 2 rings (SSSR count). The zero-order chi connectivity index (χ0) is 15.1. The summed E-state index contributed by atoms with van der Waals surface area (Å²) in [5.74, 6) is 0.138. The lowest BCUT2D eigenvalue weighted by molar-refractivity contribution is 0.00578. The Morgan fingerprint density at radius 3 is 2.20 bits per heavy atom. The van der Waals surface area contributed by atoms with Crippen LogP contribution in [-0.4, -0.2) is 23.3 Å². The van der Waals surface area contributed by atoms with Gasteiger partial charge >= 0.3 is 7.12 Å². The maximum absolute atomic E-state index is 14.3. The summed E-state index contributed by atoms with van der Waals surface area (Å²) in [4.78, 5) is 4.32. The molecule has 20 heavy (non-hydrogen) atoms. The van der Waals surface area contributed by atoms with E-state index in [1.54, 1.807) is 0 Å². The van der Waals surface area contributed by atoms with Crippen LogP contribution in [0.2, 0.25) is 0 Å². The number of pyridine rings is 1. The molecule has 0 N–H and O–H groups in total. The van der Waals surface area contributed by atoms with Gasteiger partial charge in [-0.3, -0.25) is 4.98 Å². The number of halogens is 1. The molecule has 1 aliphatic rings. The van der Waals surface area contributed by atoms with Crippen molar-refractivity contribution in [2.45, 2.75) is 59.2 Å². The second-order valence-corrected chi connectivity index (χ2v) is 6.88. The third-order valence-corrected chi connectivity index (χ3v) is 4.06. The highest BCUT2D eigenvalue weighted by Crippen LogP contribution is 2.36. The van der Waals surface area contributed by atoms with E-state index in [2.05, 4.69) is 18.8 Å². The molecule has 2 heterocycles. The van der Waals surface area contributed by atoms with Gasteiger partial charge in [0.2, 0.25) is 0 Å². The first-order valence-corrected chi connectivity index (χ1v) is 7.12. The van der Waals surface area contributed by atoms with Crippen LogP contribution in [0.4, 0.5) is 4.39 Å². The maximum atomic E-state index is 14.3. The summed E-state index contributed by atoms with van der Waals surface area (Å²) in [5, 5.41) is 0. The monoisotopic (exact) mass is 279 g/mol. The fraction of sp³-hybridized carbons (Fsp3) is 0.667. The molecular formula is C15H23BFNO2. The minimum atomic E-state index is -0.694. The maximum Gasteiger partial charge on any atom is 0.499 e. The summed E-state index contributed by atoms with van der Waals surface area (Å²) in [6.45, 7) is 12.0. The Morgan fingerprint density at radius 1 is 1.20 bits per heavy atom. The van der Waals surface area contributed by atoms with E-state index < -0.39 is 18.3 Å². The van der Waals surface area contributed by atoms with Crippen molar-refractivity contribution < 1.29 is 13.7 Å². The van der Waals surface area contributed by atoms with Crippen molar-refractivity contribution in [3.63, 3.8) is 0 Å². The van der Waals surface area contributed by atoms with E-state index in [1.165, 1.54) is 12.3 Å². The topological polar surface area (TPSA) is 31.4 Å². The normalized spacial score (nSPS) is 20.7. The highest BCUT2D eigenvalue weighted by molar-refractivity contribution is 6.62. The molecule has 110 valence electrons. The van der Waals surface area contributed by atoms with Crippen LogP contribution in [0.3, 0.4) is 0 Å². The fourth-order valence-electron chi connectivity index (χ4n) is 2.15. The second-order valence-electron chi connectivity index (χ2n) is 6.88. The van der Waals surface area contributed by atoms with E-state index in [-0.39, 0.29) is 5.82 Å². The van der Waals surface area contributed by atoms with Gasteiger partial charge in [-0.15, -0.1) is 0 Å². The highest BCUT2D eigenvalue weighted by Gasteiger charge is 2.52. The lowest BCUT2D eigenvalue weighted by Gasteiger charge is -2.32. The molecule has 0 bridgehead atoms. The summed E-state index contributed by atoms with van der Waals surface area (Å²) in [5.41, 5.74) is 0.190. The molecule has 1 aromatic heterocycles. The summed E-state index contributed by atoms with van der Waals surface area (Å²) < 4.78 is 26.0. The third-order valence-electron chi connectivity index (χ3n) is 4.06. The van der Waals surface area contributed by atoms with E-state index in [9.17, 15) is 4.39 Å². The largest absolute Gasteiger partial charge is 0.499 e. The Morgan fingerprint density at radius 2 is 1.75 bits per heavy atom. The number of hydrogen-bond donors (Lipinski definition) is 0. The van der Waals surface area contributed by atoms with Crippen molar-refractivity contribution in [1.82, 2.24) is 4.98 Å². The highest BCUT2D eigenvalue weighted by atomic mass is 19.1. The molecule has 1 saturated heterocycles. The van der Waals surface area contributed by atoms with Crippen LogP contribution >= 0.6 is 0 Å². The molecule has 0 aromatic carbocycles. The van der Waals surface area contributed by atoms with E-state index in [4.69, 9.17) is 9.31 Å². The van der Waals surface area contributed by atoms with Crippen LogP contribution in [0.25, 0.3) is 0 Å². The minimum absolute atomic E-state index is 0.311. The lowest BCUT2D eigenvalue weighted by atomic mass is 9.79. The zero-order valence-corrected chi connectivity index (χ0v) is 13.2. The standard InChI is InChI=1S/C15H23BFNO2/c1-10(2)7-11-8-13(17)12(9-18-11)16-19-14(3,4)15(5,6)20-16/h8-10H,7H2,1-6H3. The summed E-state index contributed by atoms with van der Waals surface area (Å²) in [6.07, 6.45) is 2.30. The Labute approximate surface area is 121 Å². The van der Waals surface area contributed by atoms with Crippen LogP contribution in [0.5, 0.6) is 0 Å². The molecule has 0 atom stereocenters. The van der Waals surface area contributed by atoms with Gasteiger partial charge in [0.1, 0.15) is 5.82 Å². The number of aromatic nitrogens is 1. The van der Waals surface area contributed by atoms with Gasteiger partial charge in [-0.1, -0.05) is 13.8 Å². The molecule has 1 aromatic rings. The van der Waals surface area contributed by atoms with Crippen molar-refractivity contribution >= 4 is 12.6 Å². The molecule has 0 aliphatic carbocycles. The Hall–Kier alpha value is -0.935. The first-order chi connectivity index (χ1) is 9.12. The van der Waals surface area contributed by atoms with Gasteiger partial charge in [0.25, 0.3) is 0 Å². The molecule has 1 aliphatic heterocycles. The smallest absolute Gasteiger partial charge is 0.399 e. The van der Waals surface area contributed by atoms with Gasteiger partial charge in [-0.2, -0.15) is 0 Å². The number of hydrogen-bond acceptors (Lipinski definition) is 3. The average Bonchev–Trinajstić information content (AvgIpc) is 2.46. The number of rotatable bonds is 3. The van der Waals surface area contributed by atoms with Crippen molar-refractivity contribution in [1.29, 1.82) is 0 Å². The molecule has 0 radical (unpaired) electrons. The second kappa shape index (κ2) is 5.12. The van der Waals surface area contributed by atoms with Gasteiger partial charge < -0.3 is 9.31 Å². The Bertz CT molecular complexity index is 487. The van der Waals surface area contributed by atoms with Crippen molar-refractivity contribution in [2.75, 3.05) is 0 Å². The first kappa shape index (κ1) is 15.5. The van der Waals surface area contributed by atoms with Gasteiger partial charge in [-0.05, 0) is 46.1 Å². The van der Waals surface area contributed by atoms with Crippen LogP contribution in [0.15, 0.2) is 12.3 Å². The number of nitrogens with zero attached hydrogens (tertiary/aromatic N) is 1. The van der Waals surface area contributed by atoms with Crippen LogP contribution in [0.1, 0.15) is 47.2 Å². The SMILES string of the molecule is CC(C)Cc1cc(F)c(B2OC(C)(C)C(C)(C)O2)cn1. The fourth-order valence-corrected chi connectivity index (χ4v) is 2.15. The van der Waals surface area contributed by atoms with Gasteiger partial charge in [0.15, 0.2) is 0 Å². The molecule has 5 heteroatoms. The van der Waals surface area contributed by atoms with Gasteiger partial charge in [-0.25, -0.2) is 4.39 Å². The molecule has 1 fully saturated rings. The Balaban J connectivity index is 2.23. The summed E-state index contributed by atoms with van der Waals surface area (Å²) in [7, 11) is -0.694. The molecule has 0 amide bonds. The van der Waals surface area contributed by atoms with Crippen LogP contribution in [-0.2, 0) is 15.7 Å². The predicted molar refractivity (Wildman–Crippen MR) is 78.5 cm³/mol. The van der Waals surface area contributed by atoms with Crippen molar-refractivity contribution in [2.24, 2.45) is 5.92 Å². The third kappa shape index (κ3) is 2.89. The van der Waals surface area contributed by atoms with Crippen LogP contribution < -0.4 is 5.46 Å². The summed E-state index contributed by atoms with van der Waals surface area (Å²) in [6, 6.07) is 1.49. The zero-order valence-electron chi connectivity index (χ0n) is 13.2. The van der Waals surface area contributed by atoms with Crippen molar-refractivity contribution in [3.05, 3.63) is 23.8 Å². The van der Waals surface area contributed by atoms with E-state index in [1.807, 2.05) is 27.7 Å². The minimum Gasteiger partial charge on any atom is -0.399 e. The molecule has 3 nitrogen and oxygen atoms in total. The average molecular weight is 279 g/mol. The van der Waals surface area contributed by atoms with E-state index in [0.29, 0.717) is 11.4 Å². The quantitative estimate of drug-likeness (QED) is 0.797. The van der Waals surface area contributed by atoms with Gasteiger partial charge in [0, 0.05) is 17.4 Å². The molecule has 0 unspecified atom stereocenters. The molecular weight excluding hydrogens is 256 g/mol. The molecule has 0 spiro atoms.